The molecular formula is C35H34ClFN6O2. The second-order valence-electron chi connectivity index (χ2n) is 11.9. The maximum Gasteiger partial charge on any atom is 0.246 e. The molecule has 2 aromatic rings. The summed E-state index contributed by atoms with van der Waals surface area (Å²) in [6.45, 7) is 13.1. The Morgan fingerprint density at radius 2 is 2.07 bits per heavy atom. The van der Waals surface area contributed by atoms with Crippen LogP contribution in [0.1, 0.15) is 12.0 Å². The van der Waals surface area contributed by atoms with Gasteiger partial charge in [0.15, 0.2) is 0 Å². The maximum atomic E-state index is 14.1. The van der Waals surface area contributed by atoms with Gasteiger partial charge in [-0.25, -0.2) is 16.0 Å². The van der Waals surface area contributed by atoms with Gasteiger partial charge in [-0.3, -0.25) is 9.69 Å². The number of hydrogen-bond acceptors (Lipinski definition) is 6. The topological polar surface area (TPSA) is 76.5 Å². The number of alkyl halides is 1. The highest BCUT2D eigenvalue weighted by atomic mass is 35.5. The van der Waals surface area contributed by atoms with Crippen LogP contribution < -0.4 is 0 Å². The minimum Gasteiger partial charge on any atom is -0.475 e. The highest BCUT2D eigenvalue weighted by Crippen LogP contribution is 2.40. The molecule has 0 N–H and O–H groups in total. The molecular weight excluding hydrogens is 591 g/mol. The van der Waals surface area contributed by atoms with Gasteiger partial charge < -0.3 is 19.4 Å². The van der Waals surface area contributed by atoms with E-state index in [9.17, 15) is 14.4 Å². The second-order valence-corrected chi connectivity index (χ2v) is 12.3. The van der Waals surface area contributed by atoms with E-state index >= 15 is 0 Å². The summed E-state index contributed by atoms with van der Waals surface area (Å²) in [4.78, 5) is 26.9. The molecule has 0 saturated carbocycles. The predicted molar refractivity (Wildman–Crippen MR) is 174 cm³/mol. The van der Waals surface area contributed by atoms with Crippen molar-refractivity contribution in [2.24, 2.45) is 10.9 Å². The average Bonchev–Trinajstić information content (AvgIpc) is 3.38. The van der Waals surface area contributed by atoms with Crippen LogP contribution in [-0.4, -0.2) is 97.2 Å². The van der Waals surface area contributed by atoms with Gasteiger partial charge in [-0.1, -0.05) is 66.7 Å². The van der Waals surface area contributed by atoms with E-state index in [0.29, 0.717) is 43.2 Å². The van der Waals surface area contributed by atoms with Crippen molar-refractivity contribution in [3.05, 3.63) is 101 Å². The number of rotatable bonds is 6. The fraction of sp³-hybridized carbons (Fsp3) is 0.371. The van der Waals surface area contributed by atoms with Gasteiger partial charge in [0.25, 0.3) is 0 Å². The number of benzene rings is 2. The highest BCUT2D eigenvalue weighted by Gasteiger charge is 2.41. The molecule has 3 aliphatic heterocycles. The number of fused-ring (bicyclic) bond motifs is 2. The number of nitrogens with zero attached hydrogens (tertiary/aromatic N) is 6. The Hall–Kier alpha value is -4.44. The van der Waals surface area contributed by atoms with Crippen molar-refractivity contribution in [2.75, 3.05) is 46.4 Å². The summed E-state index contributed by atoms with van der Waals surface area (Å²) in [7, 11) is 1.87. The molecule has 1 amide bonds. The number of nitriles is 1. The molecule has 0 aromatic heterocycles. The van der Waals surface area contributed by atoms with Crippen molar-refractivity contribution in [3.8, 4) is 6.07 Å². The summed E-state index contributed by atoms with van der Waals surface area (Å²) in [5.74, 6) is -0.242. The van der Waals surface area contributed by atoms with Crippen LogP contribution >= 0.6 is 11.6 Å². The minimum atomic E-state index is -0.918. The molecule has 45 heavy (non-hydrogen) atoms. The van der Waals surface area contributed by atoms with Gasteiger partial charge in [-0.2, -0.15) is 5.26 Å². The minimum absolute atomic E-state index is 0.129. The summed E-state index contributed by atoms with van der Waals surface area (Å²) in [5, 5.41) is 13.2. The Balaban J connectivity index is 1.39. The van der Waals surface area contributed by atoms with E-state index in [2.05, 4.69) is 40.6 Å². The van der Waals surface area contributed by atoms with Gasteiger partial charge in [0.05, 0.1) is 6.04 Å². The van der Waals surface area contributed by atoms with Gasteiger partial charge in [-0.05, 0) is 42.1 Å². The van der Waals surface area contributed by atoms with Gasteiger partial charge in [-0.15, -0.1) is 0 Å². The number of likely N-dealkylation sites (N-methyl/N-ethyl adjacent to an activating group) is 1. The van der Waals surface area contributed by atoms with E-state index in [1.807, 2.05) is 48.3 Å². The Kier molecular flexibility index (Phi) is 8.76. The normalized spacial score (nSPS) is 26.6. The molecule has 2 fully saturated rings. The number of carbonyl (C=O) groups excluding carboxylic acids is 1. The van der Waals surface area contributed by atoms with Crippen LogP contribution in [0.4, 0.5) is 4.39 Å². The molecule has 8 nitrogen and oxygen atoms in total. The van der Waals surface area contributed by atoms with Gasteiger partial charge in [0.1, 0.15) is 30.5 Å². The molecule has 1 aliphatic carbocycles. The molecule has 4 aliphatic rings. The lowest BCUT2D eigenvalue weighted by Gasteiger charge is -2.44. The number of ether oxygens (including phenoxy) is 1. The SMILES string of the molecule is [C-]#[N+]C[C@H]1CN(C2=C(C#N)C(OC[C@@H]3C[C@@H](F)CN3C)=NC3C=C(c4cccc5cccc(Cl)c45)C=CC23)CCN1C(=O)C=C. The number of amides is 1. The fourth-order valence-electron chi connectivity index (χ4n) is 6.93. The molecule has 5 atom stereocenters. The number of likely N-dealkylation sites (tertiary alicyclic amines) is 1. The molecule has 2 saturated heterocycles. The molecule has 2 unspecified atom stereocenters. The van der Waals surface area contributed by atoms with Gasteiger partial charge in [0.2, 0.25) is 18.3 Å². The fourth-order valence-corrected chi connectivity index (χ4v) is 7.22. The first-order valence-electron chi connectivity index (χ1n) is 15.1. The zero-order valence-electron chi connectivity index (χ0n) is 25.1. The lowest BCUT2D eigenvalue weighted by atomic mass is 9.82. The number of allylic oxidation sites excluding steroid dienone is 2. The predicted octanol–water partition coefficient (Wildman–Crippen LogP) is 5.30. The summed E-state index contributed by atoms with van der Waals surface area (Å²) < 4.78 is 20.4. The summed E-state index contributed by atoms with van der Waals surface area (Å²) in [5.41, 5.74) is 3.03. The molecule has 0 bridgehead atoms. The molecule has 10 heteroatoms. The van der Waals surface area contributed by atoms with Crippen LogP contribution in [0.2, 0.25) is 5.02 Å². The summed E-state index contributed by atoms with van der Waals surface area (Å²) in [6.07, 6.45) is 6.94. The Bertz CT molecular complexity index is 1730. The van der Waals surface area contributed by atoms with Crippen molar-refractivity contribution in [1.29, 1.82) is 5.26 Å². The van der Waals surface area contributed by atoms with Crippen LogP contribution in [0, 0.1) is 23.8 Å². The van der Waals surface area contributed by atoms with Crippen LogP contribution in [-0.2, 0) is 9.53 Å². The van der Waals surface area contributed by atoms with E-state index in [1.54, 1.807) is 4.90 Å². The molecule has 2 aromatic carbocycles. The first-order valence-corrected chi connectivity index (χ1v) is 15.5. The van der Waals surface area contributed by atoms with E-state index in [1.165, 1.54) is 6.08 Å². The quantitative estimate of drug-likeness (QED) is 0.322. The Morgan fingerprint density at radius 3 is 2.78 bits per heavy atom. The van der Waals surface area contributed by atoms with E-state index in [0.717, 1.165) is 27.6 Å². The molecule has 230 valence electrons. The first-order chi connectivity index (χ1) is 21.8. The van der Waals surface area contributed by atoms with Crippen molar-refractivity contribution in [2.45, 2.75) is 30.7 Å². The van der Waals surface area contributed by atoms with Crippen molar-refractivity contribution >= 4 is 39.8 Å². The summed E-state index contributed by atoms with van der Waals surface area (Å²) >= 11 is 6.68. The van der Waals surface area contributed by atoms with Crippen molar-refractivity contribution < 1.29 is 13.9 Å². The monoisotopic (exact) mass is 624 g/mol. The van der Waals surface area contributed by atoms with Crippen LogP contribution in [0.25, 0.3) is 21.2 Å². The smallest absolute Gasteiger partial charge is 0.246 e. The summed E-state index contributed by atoms with van der Waals surface area (Å²) in [6, 6.07) is 13.4. The number of hydrogen-bond donors (Lipinski definition) is 0. The zero-order chi connectivity index (χ0) is 31.7. The molecule has 0 radical (unpaired) electrons. The van der Waals surface area contributed by atoms with Crippen LogP contribution in [0.5, 0.6) is 0 Å². The Morgan fingerprint density at radius 1 is 1.27 bits per heavy atom. The van der Waals surface area contributed by atoms with E-state index in [-0.39, 0.29) is 49.0 Å². The van der Waals surface area contributed by atoms with E-state index < -0.39 is 6.17 Å². The van der Waals surface area contributed by atoms with Crippen LogP contribution in [0.3, 0.4) is 0 Å². The third kappa shape index (κ3) is 5.86. The largest absolute Gasteiger partial charge is 0.475 e. The number of halogens is 2. The van der Waals surface area contributed by atoms with Crippen molar-refractivity contribution in [3.63, 3.8) is 0 Å². The molecule has 3 heterocycles. The van der Waals surface area contributed by atoms with Gasteiger partial charge >= 0.3 is 0 Å². The number of carbonyl (C=O) groups is 1. The lowest BCUT2D eigenvalue weighted by Crippen LogP contribution is -2.57. The van der Waals surface area contributed by atoms with Crippen molar-refractivity contribution in [1.82, 2.24) is 14.7 Å². The lowest BCUT2D eigenvalue weighted by molar-refractivity contribution is -0.130. The number of aliphatic imine (C=N–C) groups is 1. The first kappa shape index (κ1) is 30.6. The van der Waals surface area contributed by atoms with Crippen LogP contribution in [0.15, 0.2) is 83.5 Å². The maximum absolute atomic E-state index is 14.1. The third-order valence-corrected chi connectivity index (χ3v) is 9.48. The third-order valence-electron chi connectivity index (χ3n) is 9.16. The Labute approximate surface area is 267 Å². The zero-order valence-corrected chi connectivity index (χ0v) is 25.8. The number of dihydropyridines is 1. The molecule has 6 rings (SSSR count). The average molecular weight is 625 g/mol. The van der Waals surface area contributed by atoms with E-state index in [4.69, 9.17) is 27.9 Å². The standard InChI is InChI=1S/C35H34ClFN6O2/c1-4-32(44)43-14-13-42(20-26(43)18-39-2)34-28-12-11-23(27-9-5-7-22-8-6-10-30(36)33(22)27)15-31(28)40-35(29(34)17-38)45-21-25-16-24(37)19-41(25)3/h4-12,15,24-26,28,31H,1,13-14,16,18-21H2,3H3/t24-,25+,26+,28?,31?/m1/s1. The van der Waals surface area contributed by atoms with Gasteiger partial charge in [0, 0.05) is 54.2 Å². The number of piperazine rings is 1. The second kappa shape index (κ2) is 12.9. The molecule has 0 spiro atoms. The highest BCUT2D eigenvalue weighted by molar-refractivity contribution is 6.36.